The van der Waals surface area contributed by atoms with Crippen molar-refractivity contribution in [2.75, 3.05) is 13.2 Å². The minimum atomic E-state index is -1.92. The number of ether oxygens (including phenoxy) is 10. The van der Waals surface area contributed by atoms with Crippen molar-refractivity contribution in [1.29, 1.82) is 0 Å². The standard InChI is InChI=1S/C82H148O18/c1-8-15-22-29-36-43-50-57-68(83)91-64-66-76(77(96-71(86)60-53-46-39-32-25-18-11-4)79(81(90)93-66)98-73(88)62-55-48-41-34-27-20-13-6)100-82-80(99-74(89)63-56-49-42-35-28-21-14-7)78(97-72(87)61-54-47-40-33-26-19-12-5)75(95-70(85)59-52-45-38-31-24-17-10-3)67(94-82)65-92-69(84)58-51-44-37-30-23-16-9-2/h66-67,75-82,90H,8-65H2,1-7H3/t66-,67-,75-,76-,77+,78+,79-,80-,81-,82+/m1/s1. The van der Waals surface area contributed by atoms with Gasteiger partial charge in [0.15, 0.2) is 43.1 Å². The van der Waals surface area contributed by atoms with Gasteiger partial charge in [0.2, 0.25) is 0 Å². The van der Waals surface area contributed by atoms with Crippen molar-refractivity contribution >= 4 is 41.8 Å². The van der Waals surface area contributed by atoms with Gasteiger partial charge in [0.05, 0.1) is 0 Å². The van der Waals surface area contributed by atoms with Gasteiger partial charge in [-0.05, 0) is 44.9 Å². The van der Waals surface area contributed by atoms with Gasteiger partial charge in [-0.2, -0.15) is 0 Å². The van der Waals surface area contributed by atoms with Gasteiger partial charge in [-0.15, -0.1) is 0 Å². The Kier molecular flexibility index (Phi) is 58.6. The molecule has 0 saturated carbocycles. The molecule has 0 aromatic heterocycles. The Hall–Kier alpha value is -3.87. The van der Waals surface area contributed by atoms with E-state index >= 15 is 0 Å². The van der Waals surface area contributed by atoms with Crippen LogP contribution in [0.5, 0.6) is 0 Å². The van der Waals surface area contributed by atoms with Gasteiger partial charge in [-0.3, -0.25) is 33.6 Å². The van der Waals surface area contributed by atoms with Gasteiger partial charge >= 0.3 is 41.8 Å². The van der Waals surface area contributed by atoms with Gasteiger partial charge in [0.25, 0.3) is 0 Å². The number of hydrogen-bond acceptors (Lipinski definition) is 18. The number of carbonyl (C=O) groups is 7. The first kappa shape index (κ1) is 92.2. The number of aliphatic hydroxyl groups excluding tert-OH is 1. The summed E-state index contributed by atoms with van der Waals surface area (Å²) in [6.45, 7) is 14.1. The Bertz CT molecular complexity index is 2040. The van der Waals surface area contributed by atoms with Crippen LogP contribution in [0.1, 0.15) is 408 Å². The van der Waals surface area contributed by atoms with Crippen molar-refractivity contribution in [2.24, 2.45) is 0 Å². The average Bonchev–Trinajstić information content (AvgIpc) is 0.769. The number of aliphatic hydroxyl groups is 1. The fourth-order valence-electron chi connectivity index (χ4n) is 13.3. The molecule has 0 aliphatic carbocycles. The van der Waals surface area contributed by atoms with E-state index in [1.165, 1.54) is 0 Å². The van der Waals surface area contributed by atoms with Crippen LogP contribution in [-0.2, 0) is 80.9 Å². The van der Waals surface area contributed by atoms with Crippen LogP contribution >= 0.6 is 0 Å². The highest BCUT2D eigenvalue weighted by Crippen LogP contribution is 2.37. The number of rotatable bonds is 67. The van der Waals surface area contributed by atoms with Gasteiger partial charge < -0.3 is 52.5 Å². The highest BCUT2D eigenvalue weighted by molar-refractivity contribution is 5.73. The maximum atomic E-state index is 14.6. The third-order valence-corrected chi connectivity index (χ3v) is 19.5. The van der Waals surface area contributed by atoms with E-state index in [9.17, 15) is 38.7 Å². The summed E-state index contributed by atoms with van der Waals surface area (Å²) < 4.78 is 64.5. The predicted molar refractivity (Wildman–Crippen MR) is 394 cm³/mol. The summed E-state index contributed by atoms with van der Waals surface area (Å²) in [6.07, 6.45) is 29.8. The summed E-state index contributed by atoms with van der Waals surface area (Å²) in [5.41, 5.74) is 0. The van der Waals surface area contributed by atoms with Crippen LogP contribution in [0.15, 0.2) is 0 Å². The van der Waals surface area contributed by atoms with Crippen molar-refractivity contribution in [1.82, 2.24) is 0 Å². The lowest BCUT2D eigenvalue weighted by atomic mass is 9.95. The Morgan fingerprint density at radius 2 is 0.450 bits per heavy atom. The van der Waals surface area contributed by atoms with Crippen LogP contribution in [0.3, 0.4) is 0 Å². The summed E-state index contributed by atoms with van der Waals surface area (Å²) in [6, 6.07) is 0. The second-order valence-electron chi connectivity index (χ2n) is 28.9. The summed E-state index contributed by atoms with van der Waals surface area (Å²) >= 11 is 0. The molecule has 10 atom stereocenters. The van der Waals surface area contributed by atoms with E-state index in [1.54, 1.807) is 0 Å². The molecule has 0 amide bonds. The lowest BCUT2D eigenvalue weighted by Gasteiger charge is -2.48. The van der Waals surface area contributed by atoms with Crippen molar-refractivity contribution in [3.63, 3.8) is 0 Å². The summed E-state index contributed by atoms with van der Waals surface area (Å²) in [4.78, 5) is 99.9. The maximum Gasteiger partial charge on any atom is 0.306 e. The van der Waals surface area contributed by atoms with Crippen LogP contribution in [-0.4, -0.2) is 122 Å². The monoisotopic (exact) mass is 1420 g/mol. The molecular formula is C82H148O18. The molecule has 1 N–H and O–H groups in total. The first-order valence-corrected chi connectivity index (χ1v) is 41.7. The first-order chi connectivity index (χ1) is 48.8. The molecule has 0 aromatic rings. The molecule has 2 rings (SSSR count). The van der Waals surface area contributed by atoms with Crippen molar-refractivity contribution in [2.45, 2.75) is 469 Å². The van der Waals surface area contributed by atoms with Crippen molar-refractivity contribution in [3.05, 3.63) is 0 Å². The zero-order valence-corrected chi connectivity index (χ0v) is 64.7. The van der Waals surface area contributed by atoms with Crippen LogP contribution in [0.25, 0.3) is 0 Å². The SMILES string of the molecule is CCCCCCCCCC(=O)OC[C@H]1O[C@@H](O)[C@H](OC(=O)CCCCCCCCC)[C@@H](OC(=O)CCCCCCCCC)[C@@H]1O[C@@H]1O[C@H](COC(=O)CCCCCCCCC)[C@@H](OC(=O)CCCCCCCCC)[C@H](OC(=O)CCCCCCCCC)[C@H]1OC(=O)CCCCCCCCC. The van der Waals surface area contributed by atoms with Crippen LogP contribution in [0, 0.1) is 0 Å². The van der Waals surface area contributed by atoms with Crippen LogP contribution in [0.4, 0.5) is 0 Å². The molecule has 100 heavy (non-hydrogen) atoms. The molecule has 18 heteroatoms. The Labute approximate surface area is 607 Å². The van der Waals surface area contributed by atoms with Crippen molar-refractivity contribution < 1.29 is 86.0 Å². The van der Waals surface area contributed by atoms with E-state index in [0.29, 0.717) is 44.9 Å². The minimum Gasteiger partial charge on any atom is -0.463 e. The largest absolute Gasteiger partial charge is 0.463 e. The summed E-state index contributed by atoms with van der Waals surface area (Å²) in [5, 5.41) is 12.1. The molecule has 2 aliphatic heterocycles. The molecular weight excluding hydrogens is 1270 g/mol. The molecule has 0 radical (unpaired) electrons. The Morgan fingerprint density at radius 1 is 0.240 bits per heavy atom. The van der Waals surface area contributed by atoms with E-state index in [2.05, 4.69) is 48.5 Å². The third-order valence-electron chi connectivity index (χ3n) is 19.5. The highest BCUT2D eigenvalue weighted by atomic mass is 16.8. The second kappa shape index (κ2) is 63.6. The number of unbranched alkanes of at least 4 members (excludes halogenated alkanes) is 42. The number of esters is 7. The fourth-order valence-corrected chi connectivity index (χ4v) is 13.3. The molecule has 2 aliphatic rings. The molecule has 0 bridgehead atoms. The average molecular weight is 1420 g/mol. The third kappa shape index (κ3) is 46.1. The van der Waals surface area contributed by atoms with Gasteiger partial charge in [-0.1, -0.05) is 318 Å². The molecule has 2 saturated heterocycles. The normalized spacial score (nSPS) is 20.6. The summed E-state index contributed by atoms with van der Waals surface area (Å²) in [7, 11) is 0. The number of hydrogen-bond donors (Lipinski definition) is 1. The van der Waals surface area contributed by atoms with E-state index < -0.39 is 116 Å². The highest BCUT2D eigenvalue weighted by Gasteiger charge is 2.58. The minimum absolute atomic E-state index is 0.00625. The Balaban J connectivity index is 2.98. The lowest BCUT2D eigenvalue weighted by Crippen LogP contribution is -2.67. The maximum absolute atomic E-state index is 14.6. The lowest BCUT2D eigenvalue weighted by molar-refractivity contribution is -0.357. The zero-order valence-electron chi connectivity index (χ0n) is 64.7. The van der Waals surface area contributed by atoms with Gasteiger partial charge in [0, 0.05) is 44.9 Å². The molecule has 2 heterocycles. The predicted octanol–water partition coefficient (Wildman–Crippen LogP) is 20.4. The van der Waals surface area contributed by atoms with Crippen LogP contribution < -0.4 is 0 Å². The zero-order chi connectivity index (χ0) is 72.9. The molecule has 0 unspecified atom stereocenters. The van der Waals surface area contributed by atoms with Gasteiger partial charge in [0.1, 0.15) is 31.5 Å². The molecule has 0 spiro atoms. The quantitative estimate of drug-likeness (QED) is 0.0339. The Morgan fingerprint density at radius 3 is 0.730 bits per heavy atom. The fraction of sp³-hybridized carbons (Fsp3) is 0.915. The van der Waals surface area contributed by atoms with E-state index in [4.69, 9.17) is 47.4 Å². The smallest absolute Gasteiger partial charge is 0.306 e. The van der Waals surface area contributed by atoms with E-state index in [-0.39, 0.29) is 44.9 Å². The second-order valence-corrected chi connectivity index (χ2v) is 28.9. The first-order valence-electron chi connectivity index (χ1n) is 41.7. The van der Waals surface area contributed by atoms with E-state index in [0.717, 1.165) is 270 Å². The van der Waals surface area contributed by atoms with Crippen molar-refractivity contribution in [3.8, 4) is 0 Å². The van der Waals surface area contributed by atoms with Crippen LogP contribution in [0.2, 0.25) is 0 Å². The molecule has 0 aromatic carbocycles. The molecule has 2 fully saturated rings. The summed E-state index contributed by atoms with van der Waals surface area (Å²) in [5.74, 6) is -4.38. The number of carbonyl (C=O) groups excluding carboxylic acids is 7. The van der Waals surface area contributed by atoms with E-state index in [1.807, 2.05) is 0 Å². The van der Waals surface area contributed by atoms with Gasteiger partial charge in [-0.25, -0.2) is 0 Å². The molecule has 18 nitrogen and oxygen atoms in total. The topological polar surface area (TPSA) is 232 Å². The molecule has 584 valence electrons.